The lowest BCUT2D eigenvalue weighted by Crippen LogP contribution is -2.31. The third-order valence-corrected chi connectivity index (χ3v) is 3.90. The Hall–Kier alpha value is -2.38. The van der Waals surface area contributed by atoms with Crippen molar-refractivity contribution in [3.63, 3.8) is 0 Å². The van der Waals surface area contributed by atoms with Gasteiger partial charge in [-0.2, -0.15) is 18.3 Å². The normalized spacial score (nSPS) is 17.4. The smallest absolute Gasteiger partial charge is 0.343 e. The summed E-state index contributed by atoms with van der Waals surface area (Å²) in [4.78, 5) is 12.2. The van der Waals surface area contributed by atoms with Gasteiger partial charge in [0.25, 0.3) is 5.91 Å². The van der Waals surface area contributed by atoms with Crippen LogP contribution in [0, 0.1) is 5.82 Å². The van der Waals surface area contributed by atoms with E-state index in [0.29, 0.717) is 30.5 Å². The first kappa shape index (κ1) is 16.5. The predicted molar refractivity (Wildman–Crippen MR) is 77.8 cm³/mol. The van der Waals surface area contributed by atoms with Crippen molar-refractivity contribution in [1.29, 1.82) is 0 Å². The molecule has 3 rings (SSSR count). The summed E-state index contributed by atoms with van der Waals surface area (Å²) >= 11 is 0. The number of fused-ring (bicyclic) bond motifs is 1. The molecule has 0 saturated carbocycles. The number of aromatic nitrogens is 2. The van der Waals surface area contributed by atoms with Gasteiger partial charge in [0.05, 0.1) is 17.3 Å². The van der Waals surface area contributed by atoms with Gasteiger partial charge in [0.1, 0.15) is 12.4 Å². The van der Waals surface area contributed by atoms with Crippen LogP contribution in [0.3, 0.4) is 0 Å². The van der Waals surface area contributed by atoms with Crippen LogP contribution in [-0.4, -0.2) is 21.9 Å². The van der Waals surface area contributed by atoms with E-state index in [-0.39, 0.29) is 5.56 Å². The molecule has 2 aromatic rings. The van der Waals surface area contributed by atoms with Gasteiger partial charge in [-0.05, 0) is 37.0 Å². The maximum absolute atomic E-state index is 13.7. The van der Waals surface area contributed by atoms with Crippen molar-refractivity contribution in [2.75, 3.05) is 0 Å². The van der Waals surface area contributed by atoms with E-state index in [0.717, 1.165) is 4.68 Å². The van der Waals surface area contributed by atoms with E-state index in [4.69, 9.17) is 0 Å². The summed E-state index contributed by atoms with van der Waals surface area (Å²) in [5.41, 5.74) is 1.01. The number of halogens is 4. The highest BCUT2D eigenvalue weighted by atomic mass is 19.4. The van der Waals surface area contributed by atoms with Gasteiger partial charge in [-0.25, -0.2) is 4.39 Å². The Bertz CT molecular complexity index is 754. The van der Waals surface area contributed by atoms with Crippen LogP contribution in [0.4, 0.5) is 17.6 Å². The lowest BCUT2D eigenvalue weighted by molar-refractivity contribution is -0.142. The molecule has 1 amide bonds. The average molecular weight is 341 g/mol. The van der Waals surface area contributed by atoms with Crippen molar-refractivity contribution in [2.45, 2.75) is 38.0 Å². The average Bonchev–Trinajstić information content (AvgIpc) is 2.88. The molecule has 1 N–H and O–H groups in total. The fourth-order valence-electron chi connectivity index (χ4n) is 2.88. The van der Waals surface area contributed by atoms with Crippen LogP contribution < -0.4 is 5.32 Å². The SMILES string of the molecule is O=C(NC1CCCc2cn(CC(F)(F)F)nc21)c1ccccc1F. The molecule has 1 aromatic carbocycles. The maximum atomic E-state index is 13.7. The predicted octanol–water partition coefficient (Wildman–Crippen LogP) is 3.39. The Balaban J connectivity index is 1.80. The number of carbonyl (C=O) groups is 1. The molecule has 0 radical (unpaired) electrons. The molecule has 1 atom stereocenters. The van der Waals surface area contributed by atoms with Crippen LogP contribution in [0.25, 0.3) is 0 Å². The number of nitrogens with one attached hydrogen (secondary N) is 1. The number of aryl methyl sites for hydroxylation is 1. The molecule has 1 aromatic heterocycles. The lowest BCUT2D eigenvalue weighted by Gasteiger charge is -2.22. The van der Waals surface area contributed by atoms with Crippen molar-refractivity contribution < 1.29 is 22.4 Å². The third kappa shape index (κ3) is 3.58. The first-order chi connectivity index (χ1) is 11.3. The summed E-state index contributed by atoms with van der Waals surface area (Å²) in [5, 5.41) is 6.65. The topological polar surface area (TPSA) is 46.9 Å². The van der Waals surface area contributed by atoms with Gasteiger partial charge in [-0.3, -0.25) is 9.48 Å². The zero-order valence-electron chi connectivity index (χ0n) is 12.6. The number of rotatable bonds is 3. The van der Waals surface area contributed by atoms with Crippen molar-refractivity contribution in [3.05, 3.63) is 53.1 Å². The number of nitrogens with zero attached hydrogens (tertiary/aromatic N) is 2. The maximum Gasteiger partial charge on any atom is 0.408 e. The van der Waals surface area contributed by atoms with Gasteiger partial charge in [0.2, 0.25) is 0 Å². The second-order valence-electron chi connectivity index (χ2n) is 5.75. The van der Waals surface area contributed by atoms with E-state index < -0.39 is 30.5 Å². The molecular weight excluding hydrogens is 326 g/mol. The van der Waals surface area contributed by atoms with Crippen LogP contribution >= 0.6 is 0 Å². The Kier molecular flexibility index (Phi) is 4.29. The molecule has 0 spiro atoms. The fraction of sp³-hybridized carbons (Fsp3) is 0.375. The highest BCUT2D eigenvalue weighted by molar-refractivity contribution is 5.94. The minimum Gasteiger partial charge on any atom is -0.343 e. The van der Waals surface area contributed by atoms with E-state index in [1.807, 2.05) is 0 Å². The van der Waals surface area contributed by atoms with Crippen LogP contribution in [0.2, 0.25) is 0 Å². The van der Waals surface area contributed by atoms with E-state index in [1.54, 1.807) is 6.07 Å². The standard InChI is InChI=1S/C16H15F4N3O/c17-12-6-2-1-5-11(12)15(24)21-13-7-3-4-10-8-23(22-14(10)13)9-16(18,19)20/h1-2,5-6,8,13H,3-4,7,9H2,(H,21,24). The molecule has 1 aliphatic carbocycles. The van der Waals surface area contributed by atoms with Gasteiger partial charge >= 0.3 is 6.18 Å². The number of hydrogen-bond donors (Lipinski definition) is 1. The Morgan fingerprint density at radius 2 is 2.08 bits per heavy atom. The molecule has 1 aliphatic rings. The largest absolute Gasteiger partial charge is 0.408 e. The molecule has 0 bridgehead atoms. The number of hydrogen-bond acceptors (Lipinski definition) is 2. The molecule has 4 nitrogen and oxygen atoms in total. The van der Waals surface area contributed by atoms with Gasteiger partial charge in [0, 0.05) is 6.20 Å². The van der Waals surface area contributed by atoms with Crippen LogP contribution in [0.1, 0.15) is 40.5 Å². The zero-order valence-corrected chi connectivity index (χ0v) is 12.6. The third-order valence-electron chi connectivity index (χ3n) is 3.90. The van der Waals surface area contributed by atoms with Gasteiger partial charge in [-0.15, -0.1) is 0 Å². The summed E-state index contributed by atoms with van der Waals surface area (Å²) < 4.78 is 52.0. The minimum atomic E-state index is -4.36. The molecule has 8 heteroatoms. The molecule has 128 valence electrons. The summed E-state index contributed by atoms with van der Waals surface area (Å²) in [6.45, 7) is -1.17. The number of benzene rings is 1. The van der Waals surface area contributed by atoms with Crippen LogP contribution in [-0.2, 0) is 13.0 Å². The molecular formula is C16H15F4N3O. The number of amides is 1. The summed E-state index contributed by atoms with van der Waals surface area (Å²) in [6, 6.07) is 5.04. The zero-order chi connectivity index (χ0) is 17.3. The quantitative estimate of drug-likeness (QED) is 0.870. The van der Waals surface area contributed by atoms with Gasteiger partial charge in [0.15, 0.2) is 0 Å². The summed E-state index contributed by atoms with van der Waals surface area (Å²) in [6.07, 6.45) is -1.12. The molecule has 24 heavy (non-hydrogen) atoms. The molecule has 0 fully saturated rings. The van der Waals surface area contributed by atoms with Crippen molar-refractivity contribution in [2.24, 2.45) is 0 Å². The molecule has 1 unspecified atom stereocenters. The highest BCUT2D eigenvalue weighted by Gasteiger charge is 2.31. The van der Waals surface area contributed by atoms with E-state index in [1.165, 1.54) is 24.4 Å². The van der Waals surface area contributed by atoms with Gasteiger partial charge in [-0.1, -0.05) is 12.1 Å². The minimum absolute atomic E-state index is 0.0978. The van der Waals surface area contributed by atoms with Crippen molar-refractivity contribution >= 4 is 5.91 Å². The Morgan fingerprint density at radius 1 is 1.33 bits per heavy atom. The number of carbonyl (C=O) groups excluding carboxylic acids is 1. The van der Waals surface area contributed by atoms with Crippen molar-refractivity contribution in [3.8, 4) is 0 Å². The second kappa shape index (κ2) is 6.26. The van der Waals surface area contributed by atoms with E-state index in [2.05, 4.69) is 10.4 Å². The van der Waals surface area contributed by atoms with Gasteiger partial charge < -0.3 is 5.32 Å². The Labute approximate surface area is 135 Å². The van der Waals surface area contributed by atoms with E-state index >= 15 is 0 Å². The Morgan fingerprint density at radius 3 is 2.79 bits per heavy atom. The second-order valence-corrected chi connectivity index (χ2v) is 5.75. The van der Waals surface area contributed by atoms with Crippen LogP contribution in [0.5, 0.6) is 0 Å². The highest BCUT2D eigenvalue weighted by Crippen LogP contribution is 2.30. The molecule has 0 saturated heterocycles. The van der Waals surface area contributed by atoms with E-state index in [9.17, 15) is 22.4 Å². The lowest BCUT2D eigenvalue weighted by atomic mass is 9.93. The summed E-state index contributed by atoms with van der Waals surface area (Å²) in [5.74, 6) is -1.25. The first-order valence-corrected chi connectivity index (χ1v) is 7.52. The van der Waals surface area contributed by atoms with Crippen LogP contribution in [0.15, 0.2) is 30.5 Å². The monoisotopic (exact) mass is 341 g/mol. The molecule has 1 heterocycles. The first-order valence-electron chi connectivity index (χ1n) is 7.52. The molecule has 0 aliphatic heterocycles. The number of alkyl halides is 3. The van der Waals surface area contributed by atoms with Crippen molar-refractivity contribution in [1.82, 2.24) is 15.1 Å². The summed E-state index contributed by atoms with van der Waals surface area (Å²) in [7, 11) is 0. The fourth-order valence-corrected chi connectivity index (χ4v) is 2.88.